The molecule has 5 heteroatoms. The van der Waals surface area contributed by atoms with Crippen LogP contribution >= 0.6 is 0 Å². The average Bonchev–Trinajstić information content (AvgIpc) is 0.722. The van der Waals surface area contributed by atoms with E-state index in [1.165, 1.54) is 0 Å². The number of rotatable bonds is 0. The zero-order valence-corrected chi connectivity index (χ0v) is 2.94. The first kappa shape index (κ1) is 4.87. The maximum Gasteiger partial charge on any atom is 0.394 e. The van der Waals surface area contributed by atoms with E-state index >= 15 is 0 Å². The van der Waals surface area contributed by atoms with Gasteiger partial charge in [0.1, 0.15) is 0 Å². The van der Waals surface area contributed by atoms with E-state index in [4.69, 9.17) is 17.5 Å². The summed E-state index contributed by atoms with van der Waals surface area (Å²) in [6.45, 7) is 0. The molecule has 0 aliphatic rings. The highest BCUT2D eigenvalue weighted by atomic mass is 36.1. The maximum absolute atomic E-state index is 8.74. The highest BCUT2D eigenvalue weighted by Crippen LogP contribution is 1.59. The van der Waals surface area contributed by atoms with Crippen LogP contribution in [-0.4, -0.2) is 17.5 Å². The minimum absolute atomic E-state index is 4.67. The third kappa shape index (κ3) is 801. The Balaban J connectivity index is 4.06. The first-order valence-corrected chi connectivity index (χ1v) is 2.10. The van der Waals surface area contributed by atoms with Crippen molar-refractivity contribution >= 4 is 10.4 Å². The molecule has 0 spiro atoms. The Bertz CT molecular complexity index is 86.8. The molecule has 0 fully saturated rings. The van der Waals surface area contributed by atoms with Crippen LogP contribution < -0.4 is 0 Å². The predicted octanol–water partition coefficient (Wildman–Crippen LogP) is -0.653. The summed E-state index contributed by atoms with van der Waals surface area (Å²) >= 11 is 0. The Kier molecular flexibility index (Phi) is 0.901. The van der Waals surface area contributed by atoms with Crippen molar-refractivity contribution in [3.8, 4) is 0 Å². The zero-order chi connectivity index (χ0) is 4.50. The zero-order valence-electron chi connectivity index (χ0n) is 2.12. The average molecular weight is 102 g/mol. The highest BCUT2D eigenvalue weighted by molar-refractivity contribution is 7.79. The van der Waals surface area contributed by atoms with Gasteiger partial charge in [-0.05, 0) is 0 Å². The van der Waals surface area contributed by atoms with Gasteiger partial charge < -0.3 is 0 Å². The summed E-state index contributed by atoms with van der Waals surface area (Å²) in [5, 5.41) is 0. The minimum Gasteiger partial charge on any atom is -0.264 e. The molecule has 0 radical (unpaired) electrons. The lowest BCUT2D eigenvalue weighted by Crippen LogP contribution is -1.89. The van der Waals surface area contributed by atoms with Crippen molar-refractivity contribution in [3.05, 3.63) is 0 Å². The fourth-order valence-corrected chi connectivity index (χ4v) is 0. The molecular weight excluding hydrogens is 100.0 g/mol. The molecular formula is H2O4S. The molecule has 0 aliphatic carbocycles. The van der Waals surface area contributed by atoms with Crippen LogP contribution in [0.25, 0.3) is 0 Å². The summed E-state index contributed by atoms with van der Waals surface area (Å²) in [6.07, 6.45) is 0. The molecule has 2 N–H and O–H groups in total. The Morgan fingerprint density at radius 3 is 1.20 bits per heavy atom. The maximum atomic E-state index is 8.74. The largest absolute Gasteiger partial charge is 0.394 e. The van der Waals surface area contributed by atoms with Gasteiger partial charge in [0, 0.05) is 0 Å². The second-order valence-corrected chi connectivity index (χ2v) is 1.34. The Morgan fingerprint density at radius 2 is 1.20 bits per heavy atom. The topological polar surface area (TPSA) is 74.6 Å². The molecule has 0 saturated heterocycles. The van der Waals surface area contributed by atoms with Crippen LogP contribution in [0.5, 0.6) is 0 Å². The smallest absolute Gasteiger partial charge is 0.264 e. The van der Waals surface area contributed by atoms with Gasteiger partial charge in [-0.3, -0.25) is 9.11 Å². The normalized spacial score (nSPS) is 11.6. The van der Waals surface area contributed by atoms with E-state index in [2.05, 4.69) is 0 Å². The van der Waals surface area contributed by atoms with E-state index in [9.17, 15) is 0 Å². The van der Waals surface area contributed by atoms with E-state index in [-0.39, 0.29) is 0 Å². The lowest BCUT2D eigenvalue weighted by Gasteiger charge is -1.68. The highest BCUT2D eigenvalue weighted by Gasteiger charge is 1.84. The van der Waals surface area contributed by atoms with Crippen LogP contribution in [-0.2, 0) is 10.4 Å². The molecule has 4 nitrogen and oxygen atoms in total. The second kappa shape index (κ2) is 0.925. The van der Waals surface area contributed by atoms with Crippen LogP contribution in [0.1, 0.15) is 0 Å². The molecule has 0 unspecified atom stereocenters. The molecule has 0 aromatic heterocycles. The van der Waals surface area contributed by atoms with E-state index in [0.717, 1.165) is 0 Å². The fourth-order valence-electron chi connectivity index (χ4n) is 0. The van der Waals surface area contributed by atoms with Crippen molar-refractivity contribution in [2.45, 2.75) is 0 Å². The summed E-state index contributed by atoms with van der Waals surface area (Å²) in [5.74, 6) is 0. The lowest BCUT2D eigenvalue weighted by atomic mass is 15.9. The molecule has 0 aromatic carbocycles. The fraction of sp³-hybridized carbons (Fsp3) is 0. The standard InChI is InChI=1S/H2O4S/c1-5(2,3)4/h(H2,1,2,3,4)/i5+4. The van der Waals surface area contributed by atoms with E-state index < -0.39 is 10.4 Å². The lowest BCUT2D eigenvalue weighted by molar-refractivity contribution is 0.381. The van der Waals surface area contributed by atoms with Crippen molar-refractivity contribution in [1.82, 2.24) is 0 Å². The summed E-state index contributed by atoms with van der Waals surface area (Å²) in [5.41, 5.74) is 0. The van der Waals surface area contributed by atoms with Gasteiger partial charge in [0.15, 0.2) is 0 Å². The quantitative estimate of drug-likeness (QED) is 0.398. The summed E-state index contributed by atoms with van der Waals surface area (Å²) in [6, 6.07) is 0. The van der Waals surface area contributed by atoms with Crippen LogP contribution in [0.4, 0.5) is 0 Å². The van der Waals surface area contributed by atoms with Gasteiger partial charge in [-0.15, -0.1) is 0 Å². The number of hydrogen-bond acceptors (Lipinski definition) is 2. The summed E-state index contributed by atoms with van der Waals surface area (Å²) in [4.78, 5) is 0. The third-order valence-electron chi connectivity index (χ3n) is 0. The van der Waals surface area contributed by atoms with Gasteiger partial charge in [0.25, 0.3) is 0 Å². The molecule has 0 aliphatic heterocycles. The molecule has 0 bridgehead atoms. The Hall–Kier alpha value is -0.130. The monoisotopic (exact) mass is 102 g/mol. The van der Waals surface area contributed by atoms with Crippen LogP contribution in [0, 0.1) is 0 Å². The first-order valence-electron chi connectivity index (χ1n) is 0.698. The molecule has 0 saturated carbocycles. The minimum atomic E-state index is -4.67. The third-order valence-corrected chi connectivity index (χ3v) is 0. The molecule has 32 valence electrons. The SMILES string of the molecule is O=[36S](=O)(O)O. The Labute approximate surface area is 29.0 Å². The molecule has 0 heterocycles. The van der Waals surface area contributed by atoms with Crippen LogP contribution in [0.2, 0.25) is 0 Å². The summed E-state index contributed by atoms with van der Waals surface area (Å²) in [7, 11) is -4.67. The summed E-state index contributed by atoms with van der Waals surface area (Å²) < 4.78 is 31.6. The van der Waals surface area contributed by atoms with Crippen molar-refractivity contribution in [2.24, 2.45) is 0 Å². The molecule has 0 rings (SSSR count). The van der Waals surface area contributed by atoms with Gasteiger partial charge in [0.2, 0.25) is 0 Å². The van der Waals surface area contributed by atoms with Gasteiger partial charge >= 0.3 is 10.4 Å². The molecule has 5 heavy (non-hydrogen) atoms. The van der Waals surface area contributed by atoms with Gasteiger partial charge in [-0.1, -0.05) is 0 Å². The van der Waals surface area contributed by atoms with E-state index in [0.29, 0.717) is 0 Å². The van der Waals surface area contributed by atoms with Gasteiger partial charge in [-0.25, -0.2) is 0 Å². The van der Waals surface area contributed by atoms with Crippen molar-refractivity contribution in [1.29, 1.82) is 0 Å². The number of hydrogen-bond donors (Lipinski definition) is 2. The van der Waals surface area contributed by atoms with Crippen molar-refractivity contribution in [3.63, 3.8) is 0 Å². The van der Waals surface area contributed by atoms with Gasteiger partial charge in [0.05, 0.1) is 0 Å². The van der Waals surface area contributed by atoms with Crippen molar-refractivity contribution in [2.75, 3.05) is 0 Å². The molecule has 0 aromatic rings. The predicted molar refractivity (Wildman–Crippen MR) is 14.2 cm³/mol. The van der Waals surface area contributed by atoms with Crippen LogP contribution in [0.15, 0.2) is 0 Å². The van der Waals surface area contributed by atoms with E-state index in [1.54, 1.807) is 0 Å². The van der Waals surface area contributed by atoms with Gasteiger partial charge in [-0.2, -0.15) is 8.42 Å². The Morgan fingerprint density at radius 1 is 1.20 bits per heavy atom. The van der Waals surface area contributed by atoms with Crippen molar-refractivity contribution < 1.29 is 17.5 Å². The molecule has 0 atom stereocenters. The second-order valence-electron chi connectivity index (χ2n) is 0.448. The van der Waals surface area contributed by atoms with E-state index in [1.807, 2.05) is 0 Å². The first-order chi connectivity index (χ1) is 2.00. The molecule has 0 amide bonds. The van der Waals surface area contributed by atoms with Crippen LogP contribution in [0.3, 0.4) is 0 Å².